The van der Waals surface area contributed by atoms with Gasteiger partial charge < -0.3 is 147 Å². The number of rotatable bonds is 0. The van der Waals surface area contributed by atoms with Crippen LogP contribution >= 0.6 is 0 Å². The molecule has 0 aliphatic heterocycles. The predicted molar refractivity (Wildman–Crippen MR) is 107 cm³/mol. The first-order valence-corrected chi connectivity index (χ1v) is 4.38. The summed E-state index contributed by atoms with van der Waals surface area (Å²) in [4.78, 5) is 66.0. The first kappa shape index (κ1) is 85.3. The molecule has 0 aromatic carbocycles. The van der Waals surface area contributed by atoms with Gasteiger partial charge in [0, 0.05) is 0 Å². The van der Waals surface area contributed by atoms with Crippen molar-refractivity contribution in [3.63, 3.8) is 0 Å². The van der Waals surface area contributed by atoms with Crippen LogP contribution in [0.15, 0.2) is 0 Å². The summed E-state index contributed by atoms with van der Waals surface area (Å²) in [6.07, 6.45) is 0. The van der Waals surface area contributed by atoms with Crippen LogP contribution in [-0.4, -0.2) is 40.7 Å². The first-order chi connectivity index (χ1) is 13.9. The molecule has 0 spiro atoms. The summed E-state index contributed by atoms with van der Waals surface area (Å²) >= 11 is 0. The zero-order chi connectivity index (χ0) is 28.6. The van der Waals surface area contributed by atoms with Crippen LogP contribution < -0.4 is 24.6 Å². The molecule has 0 atom stereocenters. The Morgan fingerprint density at radius 1 is 0.216 bits per heavy atom. The summed E-state index contributed by atoms with van der Waals surface area (Å²) in [5.74, 6) is 0. The quantitative estimate of drug-likeness (QED) is 0.183. The molecule has 0 aliphatic carbocycles. The van der Waals surface area contributed by atoms with Gasteiger partial charge in [0.1, 0.15) is 0 Å². The molecule has 16 N–H and O–H groups in total. The Bertz CT molecular complexity index is 368. The zero-order valence-corrected chi connectivity index (χ0v) is 21.0. The van der Waals surface area contributed by atoms with Gasteiger partial charge in [0.15, 0.2) is 0 Å². The van der Waals surface area contributed by atoms with Gasteiger partial charge in [-0.1, -0.05) is 0 Å². The van der Waals surface area contributed by atoms with Crippen molar-refractivity contribution in [3.8, 4) is 0 Å². The van der Waals surface area contributed by atoms with Crippen LogP contribution in [0.1, 0.15) is 0 Å². The normalized spacial score (nSPS) is 5.19. The fourth-order valence-electron chi connectivity index (χ4n) is 0. The maximum absolute atomic E-state index is 8.25. The van der Waals surface area contributed by atoms with Gasteiger partial charge in [-0.05, 0) is 0 Å². The summed E-state index contributed by atoms with van der Waals surface area (Å²) in [7, 11) is 0. The first-order valence-electron chi connectivity index (χ1n) is 4.38. The van der Waals surface area contributed by atoms with Crippen LogP contribution in [0.3, 0.4) is 0 Å². The van der Waals surface area contributed by atoms with E-state index in [2.05, 4.69) is 0 Å². The Kier molecular flexibility index (Phi) is 178. The fraction of sp³-hybridized carbons (Fsp3) is 0. The molecule has 0 amide bonds. The Labute approximate surface area is 229 Å². The largest absolute Gasteiger partial charge is 4.00 e. The van der Waals surface area contributed by atoms with E-state index in [0.717, 1.165) is 0 Å². The van der Waals surface area contributed by atoms with Crippen molar-refractivity contribution in [2.45, 2.75) is 0 Å². The van der Waals surface area contributed by atoms with Gasteiger partial charge in [0.25, 0.3) is 0 Å². The van der Waals surface area contributed by atoms with Crippen molar-refractivity contribution in [1.82, 2.24) is 24.6 Å². The molecule has 0 rings (SSSR count). The van der Waals surface area contributed by atoms with Crippen molar-refractivity contribution in [1.29, 1.82) is 0 Å². The summed E-state index contributed by atoms with van der Waals surface area (Å²) in [6, 6.07) is 0. The summed E-state index contributed by atoms with van der Waals surface area (Å²) in [5.41, 5.74) is 0. The topological polar surface area (TPSA) is 676 Å². The van der Waals surface area contributed by atoms with E-state index >= 15 is 0 Å². The molecule has 0 aromatic heterocycles. The number of hydrogen-bond acceptors (Lipinski definition) is 24. The third-order valence-electron chi connectivity index (χ3n) is 0. The van der Waals surface area contributed by atoms with Gasteiger partial charge in [0.05, 0.1) is 40.7 Å². The SMILES string of the molecule is O=[N+]([O-])[O-].O=[N+]([O-])[O-].O=[N+]([O-])[O-].O=[N+]([O-])[O-].O=[N+]([O-])[O-].O=[N+]([O-])[O-].O=[N+]([O-])[O-].O=[N+]([O-])[O-].[Ce+4].[NH4+].[NH4+].[NH4+].[NH4+]. The molecule has 37 heteroatoms. The van der Waals surface area contributed by atoms with Crippen LogP contribution in [0.5, 0.6) is 0 Å². The van der Waals surface area contributed by atoms with Crippen LogP contribution in [0.4, 0.5) is 0 Å². The molecule has 0 aliphatic rings. The van der Waals surface area contributed by atoms with Gasteiger partial charge in [-0.15, -0.1) is 0 Å². The van der Waals surface area contributed by atoms with E-state index in [1.807, 2.05) is 0 Å². The monoisotopic (exact) mass is 708 g/mol. The van der Waals surface area contributed by atoms with E-state index in [1.54, 1.807) is 0 Å². The fourth-order valence-corrected chi connectivity index (χ4v) is 0. The minimum absolute atomic E-state index is 0. The number of nitrogens with zero attached hydrogens (tertiary/aromatic N) is 8. The van der Waals surface area contributed by atoms with Gasteiger partial charge >= 0.3 is 41.7 Å². The molecule has 0 aromatic rings. The summed E-state index contributed by atoms with van der Waals surface area (Å²) < 4.78 is 0. The smallest absolute Gasteiger partial charge is 0.369 e. The molecule has 0 bridgehead atoms. The molecule has 0 fully saturated rings. The second-order valence-corrected chi connectivity index (χ2v) is 1.79. The Hall–Kier alpha value is -5.18. The minimum atomic E-state index is -1.75. The van der Waals surface area contributed by atoms with Gasteiger partial charge in [-0.25, -0.2) is 0 Å². The van der Waals surface area contributed by atoms with E-state index in [-0.39, 0.29) is 66.3 Å². The molecule has 37 heavy (non-hydrogen) atoms. The van der Waals surface area contributed by atoms with Crippen LogP contribution in [-0.2, 0) is 0 Å². The van der Waals surface area contributed by atoms with E-state index in [1.165, 1.54) is 0 Å². The minimum Gasteiger partial charge on any atom is -0.369 e. The number of quaternary nitrogens is 4. The van der Waals surface area contributed by atoms with Crippen molar-refractivity contribution in [3.05, 3.63) is 123 Å². The summed E-state index contributed by atoms with van der Waals surface area (Å²) in [5, 5.41) is 118. The standard InChI is InChI=1S/Ce.8NO3.4H3N/c;8*2-1(3)4;;;;/h;;;;;;;;;4*1H3/q+4;8*-1;;;;/p+4. The number of hydrogen-bond donors (Lipinski definition) is 4. The molecule has 224 valence electrons. The van der Waals surface area contributed by atoms with Crippen molar-refractivity contribution < 1.29 is 82.4 Å². The zero-order valence-electron chi connectivity index (χ0n) is 17.9. The van der Waals surface area contributed by atoms with E-state index < -0.39 is 40.7 Å². The van der Waals surface area contributed by atoms with Crippen LogP contribution in [0, 0.1) is 164 Å². The maximum Gasteiger partial charge on any atom is 4.00 e. The molecular formula is H16CeN12O24. The molecular weight excluding hydrogens is 692 g/mol. The van der Waals surface area contributed by atoms with E-state index in [9.17, 15) is 0 Å². The van der Waals surface area contributed by atoms with Crippen LogP contribution in [0.2, 0.25) is 0 Å². The average molecular weight is 708 g/mol. The predicted octanol–water partition coefficient (Wildman–Crippen LogP) is -0.408. The van der Waals surface area contributed by atoms with E-state index in [4.69, 9.17) is 123 Å². The summed E-state index contributed by atoms with van der Waals surface area (Å²) in [6.45, 7) is 0. The second kappa shape index (κ2) is 77.4. The second-order valence-electron chi connectivity index (χ2n) is 1.79. The van der Waals surface area contributed by atoms with Crippen LogP contribution in [0.25, 0.3) is 0 Å². The Morgan fingerprint density at radius 3 is 0.216 bits per heavy atom. The average Bonchev–Trinajstić information content (AvgIpc) is 2.30. The van der Waals surface area contributed by atoms with Gasteiger partial charge in [0.2, 0.25) is 0 Å². The van der Waals surface area contributed by atoms with Crippen molar-refractivity contribution in [2.24, 2.45) is 0 Å². The third-order valence-corrected chi connectivity index (χ3v) is 0. The van der Waals surface area contributed by atoms with Gasteiger partial charge in [-0.2, -0.15) is 0 Å². The van der Waals surface area contributed by atoms with Crippen molar-refractivity contribution in [2.75, 3.05) is 0 Å². The Balaban J connectivity index is -0.0000000159. The third kappa shape index (κ3) is 952. The molecule has 36 nitrogen and oxygen atoms in total. The van der Waals surface area contributed by atoms with Gasteiger partial charge in [-0.3, -0.25) is 0 Å². The van der Waals surface area contributed by atoms with Crippen molar-refractivity contribution >= 4 is 0 Å². The van der Waals surface area contributed by atoms with E-state index in [0.29, 0.717) is 0 Å². The maximum atomic E-state index is 8.25. The Morgan fingerprint density at radius 2 is 0.216 bits per heavy atom. The molecule has 0 unspecified atom stereocenters. The molecule has 0 saturated heterocycles. The molecule has 0 heterocycles. The molecule has 0 saturated carbocycles. The molecule has 0 radical (unpaired) electrons.